The van der Waals surface area contributed by atoms with Crippen LogP contribution in [-0.4, -0.2) is 31.7 Å². The number of rotatable bonds is 4. The van der Waals surface area contributed by atoms with Crippen LogP contribution in [0.15, 0.2) is 53.4 Å². The normalized spacial score (nSPS) is 18.5. The predicted octanol–water partition coefficient (Wildman–Crippen LogP) is 3.00. The molecule has 0 aliphatic carbocycles. The van der Waals surface area contributed by atoms with E-state index in [-0.39, 0.29) is 23.7 Å². The molecule has 3 rings (SSSR count). The Hall–Kier alpha value is -2.32. The van der Waals surface area contributed by atoms with Crippen LogP contribution in [0.5, 0.6) is 0 Å². The first-order valence-corrected chi connectivity index (χ1v) is 9.63. The summed E-state index contributed by atoms with van der Waals surface area (Å²) in [7, 11) is -3.81. The number of amides is 1. The summed E-state index contributed by atoms with van der Waals surface area (Å²) in [6, 6.07) is 10.4. The maximum absolute atomic E-state index is 13.7. The van der Waals surface area contributed by atoms with Crippen molar-refractivity contribution in [1.29, 1.82) is 0 Å². The molecule has 1 aliphatic rings. The fraction of sp³-hybridized carbons (Fsp3) is 0.278. The zero-order valence-corrected chi connectivity index (χ0v) is 14.7. The summed E-state index contributed by atoms with van der Waals surface area (Å²) in [5, 5.41) is 2.51. The van der Waals surface area contributed by atoms with Gasteiger partial charge in [-0.15, -0.1) is 0 Å². The van der Waals surface area contributed by atoms with E-state index in [9.17, 15) is 22.0 Å². The van der Waals surface area contributed by atoms with Gasteiger partial charge in [0.15, 0.2) is 0 Å². The van der Waals surface area contributed by atoms with Crippen molar-refractivity contribution in [3.8, 4) is 0 Å². The number of carbonyl (C=O) groups is 1. The van der Waals surface area contributed by atoms with E-state index in [1.165, 1.54) is 34.6 Å². The Morgan fingerprint density at radius 3 is 2.46 bits per heavy atom. The molecular formula is C18H18F2N2O3S. The third-order valence-electron chi connectivity index (χ3n) is 4.34. The fourth-order valence-electron chi connectivity index (χ4n) is 2.93. The highest BCUT2D eigenvalue weighted by Crippen LogP contribution is 2.25. The van der Waals surface area contributed by atoms with Crippen LogP contribution in [0.4, 0.5) is 14.5 Å². The molecule has 1 aliphatic heterocycles. The van der Waals surface area contributed by atoms with Crippen molar-refractivity contribution in [2.45, 2.75) is 17.7 Å². The quantitative estimate of drug-likeness (QED) is 0.887. The van der Waals surface area contributed by atoms with Gasteiger partial charge in [0.1, 0.15) is 11.6 Å². The molecule has 2 aromatic rings. The number of benzene rings is 2. The van der Waals surface area contributed by atoms with Gasteiger partial charge < -0.3 is 5.32 Å². The van der Waals surface area contributed by atoms with Gasteiger partial charge >= 0.3 is 0 Å². The number of hydrogen-bond donors (Lipinski definition) is 1. The van der Waals surface area contributed by atoms with Crippen LogP contribution < -0.4 is 5.32 Å². The number of para-hydroxylation sites is 1. The average Bonchev–Trinajstić information content (AvgIpc) is 2.64. The lowest BCUT2D eigenvalue weighted by molar-refractivity contribution is -0.120. The molecule has 8 heteroatoms. The van der Waals surface area contributed by atoms with Gasteiger partial charge in [0.05, 0.1) is 16.5 Å². The molecule has 0 aromatic heterocycles. The zero-order chi connectivity index (χ0) is 18.7. The standard InChI is InChI=1S/C18H18F2N2O3S/c19-14-7-9-15(10-8-14)26(24,25)22-11-3-4-13(12-22)18(23)21-17-6-2-1-5-16(17)20/h1-2,5-10,13H,3-4,11-12H2,(H,21,23)/t13-/m0/s1. The van der Waals surface area contributed by atoms with Crippen LogP contribution in [0.25, 0.3) is 0 Å². The molecule has 0 radical (unpaired) electrons. The first kappa shape index (κ1) is 18.5. The van der Waals surface area contributed by atoms with Gasteiger partial charge in [-0.1, -0.05) is 12.1 Å². The highest BCUT2D eigenvalue weighted by atomic mass is 32.2. The lowest BCUT2D eigenvalue weighted by Crippen LogP contribution is -2.43. The smallest absolute Gasteiger partial charge is 0.243 e. The van der Waals surface area contributed by atoms with Crippen molar-refractivity contribution in [2.75, 3.05) is 18.4 Å². The number of sulfonamides is 1. The minimum absolute atomic E-state index is 0.00000425. The Morgan fingerprint density at radius 2 is 1.77 bits per heavy atom. The Kier molecular flexibility index (Phi) is 5.33. The zero-order valence-electron chi connectivity index (χ0n) is 13.9. The molecule has 0 spiro atoms. The van der Waals surface area contributed by atoms with Crippen LogP contribution >= 0.6 is 0 Å². The number of halogens is 2. The summed E-state index contributed by atoms with van der Waals surface area (Å²) in [5.74, 6) is -2.08. The number of nitrogens with one attached hydrogen (secondary N) is 1. The average molecular weight is 380 g/mol. The molecule has 0 unspecified atom stereocenters. The third-order valence-corrected chi connectivity index (χ3v) is 6.22. The first-order chi connectivity index (χ1) is 12.4. The Labute approximate surface area is 150 Å². The Morgan fingerprint density at radius 1 is 1.08 bits per heavy atom. The summed E-state index contributed by atoms with van der Waals surface area (Å²) in [5.41, 5.74) is 0.0658. The molecule has 1 amide bonds. The van der Waals surface area contributed by atoms with Crippen LogP contribution in [0.1, 0.15) is 12.8 Å². The van der Waals surface area contributed by atoms with E-state index in [1.54, 1.807) is 6.07 Å². The first-order valence-electron chi connectivity index (χ1n) is 8.19. The molecule has 1 fully saturated rings. The second kappa shape index (κ2) is 7.51. The number of carbonyl (C=O) groups excluding carboxylic acids is 1. The van der Waals surface area contributed by atoms with Gasteiger partial charge in [-0.05, 0) is 49.2 Å². The molecule has 2 aromatic carbocycles. The Balaban J connectivity index is 1.73. The SMILES string of the molecule is O=C(Nc1ccccc1F)[C@H]1CCCN(S(=O)(=O)c2ccc(F)cc2)C1. The molecule has 1 N–H and O–H groups in total. The van der Waals surface area contributed by atoms with Gasteiger partial charge in [0.25, 0.3) is 0 Å². The molecule has 1 saturated heterocycles. The molecular weight excluding hydrogens is 362 g/mol. The number of hydrogen-bond acceptors (Lipinski definition) is 3. The van der Waals surface area contributed by atoms with Crippen LogP contribution in [0.3, 0.4) is 0 Å². The van der Waals surface area contributed by atoms with Crippen molar-refractivity contribution >= 4 is 21.6 Å². The van der Waals surface area contributed by atoms with Crippen molar-refractivity contribution in [3.63, 3.8) is 0 Å². The number of nitrogens with zero attached hydrogens (tertiary/aromatic N) is 1. The van der Waals surface area contributed by atoms with Crippen molar-refractivity contribution in [3.05, 3.63) is 60.2 Å². The molecule has 0 saturated carbocycles. The van der Waals surface area contributed by atoms with Crippen LogP contribution in [0, 0.1) is 17.6 Å². The lowest BCUT2D eigenvalue weighted by atomic mass is 9.98. The Bertz CT molecular complexity index is 901. The van der Waals surface area contributed by atoms with E-state index in [0.717, 1.165) is 12.1 Å². The van der Waals surface area contributed by atoms with E-state index in [2.05, 4.69) is 5.32 Å². The topological polar surface area (TPSA) is 66.5 Å². The molecule has 1 atom stereocenters. The summed E-state index contributed by atoms with van der Waals surface area (Å²) in [4.78, 5) is 12.4. The number of piperidine rings is 1. The maximum atomic E-state index is 13.7. The third kappa shape index (κ3) is 3.91. The highest BCUT2D eigenvalue weighted by Gasteiger charge is 2.33. The maximum Gasteiger partial charge on any atom is 0.243 e. The largest absolute Gasteiger partial charge is 0.323 e. The van der Waals surface area contributed by atoms with Crippen LogP contribution in [-0.2, 0) is 14.8 Å². The molecule has 5 nitrogen and oxygen atoms in total. The molecule has 138 valence electrons. The van der Waals surface area contributed by atoms with E-state index >= 15 is 0 Å². The molecule has 0 bridgehead atoms. The highest BCUT2D eigenvalue weighted by molar-refractivity contribution is 7.89. The predicted molar refractivity (Wildman–Crippen MR) is 92.9 cm³/mol. The molecule has 1 heterocycles. The van der Waals surface area contributed by atoms with E-state index in [0.29, 0.717) is 12.8 Å². The van der Waals surface area contributed by atoms with Gasteiger partial charge in [0, 0.05) is 13.1 Å². The monoisotopic (exact) mass is 380 g/mol. The van der Waals surface area contributed by atoms with Gasteiger partial charge in [-0.3, -0.25) is 4.79 Å². The second-order valence-corrected chi connectivity index (χ2v) is 8.06. The summed E-state index contributed by atoms with van der Waals surface area (Å²) in [6.07, 6.45) is 1.02. The lowest BCUT2D eigenvalue weighted by Gasteiger charge is -2.31. The minimum atomic E-state index is -3.81. The van der Waals surface area contributed by atoms with E-state index < -0.39 is 33.5 Å². The molecule has 26 heavy (non-hydrogen) atoms. The van der Waals surface area contributed by atoms with Gasteiger partial charge in [-0.2, -0.15) is 4.31 Å². The van der Waals surface area contributed by atoms with Crippen molar-refractivity contribution in [1.82, 2.24) is 4.31 Å². The van der Waals surface area contributed by atoms with E-state index in [4.69, 9.17) is 0 Å². The number of anilines is 1. The minimum Gasteiger partial charge on any atom is -0.323 e. The van der Waals surface area contributed by atoms with Gasteiger partial charge in [-0.25, -0.2) is 17.2 Å². The van der Waals surface area contributed by atoms with Gasteiger partial charge in [0.2, 0.25) is 15.9 Å². The van der Waals surface area contributed by atoms with Crippen molar-refractivity contribution < 1.29 is 22.0 Å². The summed E-state index contributed by atoms with van der Waals surface area (Å²) in [6.45, 7) is 0.281. The fourth-order valence-corrected chi connectivity index (χ4v) is 4.45. The second-order valence-electron chi connectivity index (χ2n) is 6.13. The van der Waals surface area contributed by atoms with Crippen LogP contribution in [0.2, 0.25) is 0 Å². The summed E-state index contributed by atoms with van der Waals surface area (Å²) < 4.78 is 53.3. The van der Waals surface area contributed by atoms with Crippen molar-refractivity contribution in [2.24, 2.45) is 5.92 Å². The summed E-state index contributed by atoms with van der Waals surface area (Å²) >= 11 is 0. The van der Waals surface area contributed by atoms with E-state index in [1.807, 2.05) is 0 Å².